The van der Waals surface area contributed by atoms with Gasteiger partial charge in [0.1, 0.15) is 23.7 Å². The second-order valence-corrected chi connectivity index (χ2v) is 20.0. The molecule has 2 saturated heterocycles. The fourth-order valence-electron chi connectivity index (χ4n) is 11.2. The number of amides is 4. The minimum Gasteiger partial charge on any atom is -0.453 e. The molecule has 10 rings (SSSR count). The molecule has 2 aliphatic heterocycles. The van der Waals surface area contributed by atoms with Gasteiger partial charge in [0.05, 0.1) is 55.0 Å². The molecule has 5 aromatic carbocycles. The Morgan fingerprint density at radius 1 is 0.671 bits per heavy atom. The highest BCUT2D eigenvalue weighted by atomic mass is 16.5. The van der Waals surface area contributed by atoms with Crippen LogP contribution in [0.4, 0.5) is 9.59 Å². The summed E-state index contributed by atoms with van der Waals surface area (Å²) >= 11 is 0. The molecule has 1 saturated carbocycles. The number of imidazole rings is 2. The number of carbonyl (C=O) groups excluding carboxylic acids is 4. The molecule has 364 valence electrons. The number of hydrogen-bond acceptors (Lipinski definition) is 9. The third-order valence-electron chi connectivity index (χ3n) is 14.8. The smallest absolute Gasteiger partial charge is 0.407 e. The van der Waals surface area contributed by atoms with Crippen LogP contribution in [-0.2, 0) is 23.8 Å². The Balaban J connectivity index is 0.919. The van der Waals surface area contributed by atoms with Gasteiger partial charge in [0, 0.05) is 36.4 Å². The van der Waals surface area contributed by atoms with Crippen LogP contribution in [-0.4, -0.2) is 100 Å². The molecule has 0 spiro atoms. The van der Waals surface area contributed by atoms with E-state index >= 15 is 0 Å². The molecule has 0 bridgehead atoms. The first kappa shape index (κ1) is 46.7. The molecule has 6 atom stereocenters. The number of nitrogens with one attached hydrogen (secondary N) is 4. The average Bonchev–Trinajstić information content (AvgIpc) is 4.24. The zero-order valence-corrected chi connectivity index (χ0v) is 40.5. The number of likely N-dealkylation sites (tertiary alicyclic amines) is 2. The number of benzene rings is 5. The predicted octanol–water partition coefficient (Wildman–Crippen LogP) is 9.90. The van der Waals surface area contributed by atoms with E-state index in [9.17, 15) is 19.2 Å². The zero-order chi connectivity index (χ0) is 48.6. The van der Waals surface area contributed by atoms with Crippen LogP contribution in [0.15, 0.2) is 91.0 Å². The Bertz CT molecular complexity index is 3070. The van der Waals surface area contributed by atoms with Crippen molar-refractivity contribution < 1.29 is 33.4 Å². The normalized spacial score (nSPS) is 20.5. The molecular formula is C55H62N8O7. The summed E-state index contributed by atoms with van der Waals surface area (Å²) in [6.45, 7) is 8.28. The number of carbonyl (C=O) groups is 4. The molecule has 0 unspecified atom stereocenters. The Morgan fingerprint density at radius 2 is 1.23 bits per heavy atom. The average molecular weight is 947 g/mol. The molecule has 3 fully saturated rings. The van der Waals surface area contributed by atoms with Crippen LogP contribution in [0.2, 0.25) is 0 Å². The molecule has 3 aliphatic rings. The largest absolute Gasteiger partial charge is 0.453 e. The Morgan fingerprint density at radius 3 is 1.81 bits per heavy atom. The minimum absolute atomic E-state index is 0.0868. The molecule has 1 aliphatic carbocycles. The molecule has 4 heterocycles. The third kappa shape index (κ3) is 9.26. The van der Waals surface area contributed by atoms with Crippen molar-refractivity contribution in [2.24, 2.45) is 23.7 Å². The number of nitrogens with zero attached hydrogens (tertiary/aromatic N) is 4. The highest BCUT2D eigenvalue weighted by Crippen LogP contribution is 2.41. The van der Waals surface area contributed by atoms with Crippen LogP contribution >= 0.6 is 0 Å². The number of H-pyrrole nitrogens is 2. The monoisotopic (exact) mass is 946 g/mol. The lowest BCUT2D eigenvalue weighted by Crippen LogP contribution is -2.51. The highest BCUT2D eigenvalue weighted by Gasteiger charge is 2.43. The van der Waals surface area contributed by atoms with Gasteiger partial charge in [-0.15, -0.1) is 0 Å². The number of rotatable bonds is 13. The van der Waals surface area contributed by atoms with E-state index in [1.807, 2.05) is 66.1 Å². The van der Waals surface area contributed by atoms with E-state index in [0.717, 1.165) is 73.6 Å². The van der Waals surface area contributed by atoms with Crippen molar-refractivity contribution in [1.82, 2.24) is 40.4 Å². The number of fused-ring (bicyclic) bond motifs is 6. The maximum atomic E-state index is 14.7. The number of hydrogen-bond donors (Lipinski definition) is 4. The van der Waals surface area contributed by atoms with Crippen LogP contribution in [0.1, 0.15) is 94.6 Å². The van der Waals surface area contributed by atoms with Gasteiger partial charge in [-0.25, -0.2) is 19.6 Å². The number of aromatic amines is 2. The van der Waals surface area contributed by atoms with E-state index < -0.39 is 24.3 Å². The van der Waals surface area contributed by atoms with Gasteiger partial charge >= 0.3 is 12.2 Å². The van der Waals surface area contributed by atoms with Crippen LogP contribution < -0.4 is 10.6 Å². The number of methoxy groups -OCH3 is 2. The minimum atomic E-state index is -0.943. The molecule has 15 heteroatoms. The van der Waals surface area contributed by atoms with E-state index in [-0.39, 0.29) is 41.7 Å². The molecule has 15 nitrogen and oxygen atoms in total. The third-order valence-corrected chi connectivity index (χ3v) is 14.8. The van der Waals surface area contributed by atoms with Gasteiger partial charge in [-0.05, 0) is 95.2 Å². The van der Waals surface area contributed by atoms with Crippen molar-refractivity contribution in [2.45, 2.75) is 83.5 Å². The number of aromatic nitrogens is 4. The molecule has 2 aromatic heterocycles. The van der Waals surface area contributed by atoms with Gasteiger partial charge in [-0.2, -0.15) is 0 Å². The van der Waals surface area contributed by atoms with Gasteiger partial charge < -0.3 is 44.6 Å². The first-order chi connectivity index (χ1) is 34.0. The Hall–Kier alpha value is -7.00. The van der Waals surface area contributed by atoms with Crippen molar-refractivity contribution in [3.8, 4) is 11.1 Å². The summed E-state index contributed by atoms with van der Waals surface area (Å²) in [5.41, 5.74) is 6.23. The van der Waals surface area contributed by atoms with Gasteiger partial charge in [0.2, 0.25) is 5.91 Å². The van der Waals surface area contributed by atoms with Gasteiger partial charge in [-0.1, -0.05) is 100 Å². The lowest BCUT2D eigenvalue weighted by molar-refractivity contribution is -0.136. The van der Waals surface area contributed by atoms with Gasteiger partial charge in [0.25, 0.3) is 5.91 Å². The molecule has 7 aromatic rings. The second kappa shape index (κ2) is 19.8. The van der Waals surface area contributed by atoms with Crippen molar-refractivity contribution in [1.29, 1.82) is 0 Å². The summed E-state index contributed by atoms with van der Waals surface area (Å²) in [5, 5.41) is 9.69. The molecule has 4 amide bonds. The summed E-state index contributed by atoms with van der Waals surface area (Å²) in [6.07, 6.45) is 5.03. The lowest BCUT2D eigenvalue weighted by Gasteiger charge is -2.30. The van der Waals surface area contributed by atoms with Crippen molar-refractivity contribution in [3.63, 3.8) is 0 Å². The topological polar surface area (TPSA) is 184 Å². The SMILES string of the molecule is COC(=O)N[C@H](C(=O)N1C[C@@H](C)C[C@H]1c1nc2ccc3cc(-c4ccc5c(ccc6nc([C@@H]7C[C@H](COCC8CCCC8)CN7C(=O)[C@H](NC(=O)OC)c7ccccc7)[nH]c65)c4)ccc3c2[nH]1)C(C)C. The second-order valence-electron chi connectivity index (χ2n) is 20.0. The number of alkyl carbamates (subject to hydrolysis) is 2. The molecule has 4 N–H and O–H groups in total. The lowest BCUT2D eigenvalue weighted by atomic mass is 9.98. The van der Waals surface area contributed by atoms with E-state index in [4.69, 9.17) is 24.2 Å². The van der Waals surface area contributed by atoms with E-state index in [1.165, 1.54) is 39.9 Å². The zero-order valence-electron chi connectivity index (χ0n) is 40.5. The van der Waals surface area contributed by atoms with E-state index in [1.54, 1.807) is 0 Å². The van der Waals surface area contributed by atoms with Gasteiger partial charge in [0.15, 0.2) is 0 Å². The number of ether oxygens (including phenoxy) is 3. The molecular weight excluding hydrogens is 885 g/mol. The fourth-order valence-corrected chi connectivity index (χ4v) is 11.2. The molecule has 70 heavy (non-hydrogen) atoms. The van der Waals surface area contributed by atoms with Crippen molar-refractivity contribution in [3.05, 3.63) is 108 Å². The Labute approximate surface area is 407 Å². The predicted molar refractivity (Wildman–Crippen MR) is 269 cm³/mol. The summed E-state index contributed by atoms with van der Waals surface area (Å²) in [4.78, 5) is 74.5. The van der Waals surface area contributed by atoms with Crippen LogP contribution in [0.3, 0.4) is 0 Å². The quantitative estimate of drug-likeness (QED) is 0.0874. The first-order valence-electron chi connectivity index (χ1n) is 24.7. The Kier molecular flexibility index (Phi) is 13.2. The fraction of sp³-hybridized carbons (Fsp3) is 0.418. The standard InChI is InChI=1S/C55H62N8O7/c1-31(2)46(60-54(66)68-4)52(64)62-27-32(3)23-44(62)50-56-42-21-17-38-25-36(15-19-40(38)48(42)58-50)37-16-20-41-39(26-37)18-22-43-49(41)59-51(57-43)45-24-34(30-70-29-33-11-9-10-12-33)28-63(45)53(65)47(61-55(67)69-5)35-13-7-6-8-14-35/h6-8,13-22,25-26,31-34,44-47H,9-12,23-24,27-30H2,1-5H3,(H,56,58)(H,57,59)(H,60,66)(H,61,67)/t32-,34-,44-,45-,46-,47+/m0/s1. The maximum absolute atomic E-state index is 14.7. The summed E-state index contributed by atoms with van der Waals surface area (Å²) < 4.78 is 16.1. The van der Waals surface area contributed by atoms with Crippen molar-refractivity contribution in [2.75, 3.05) is 40.5 Å². The van der Waals surface area contributed by atoms with E-state index in [2.05, 4.69) is 76.1 Å². The van der Waals surface area contributed by atoms with Gasteiger partial charge in [-0.3, -0.25) is 9.59 Å². The highest BCUT2D eigenvalue weighted by molar-refractivity contribution is 6.07. The van der Waals surface area contributed by atoms with Crippen LogP contribution in [0, 0.1) is 23.7 Å². The summed E-state index contributed by atoms with van der Waals surface area (Å²) in [6, 6.07) is 28.1. The van der Waals surface area contributed by atoms with E-state index in [0.29, 0.717) is 43.4 Å². The summed E-state index contributed by atoms with van der Waals surface area (Å²) in [7, 11) is 2.60. The van der Waals surface area contributed by atoms with Crippen LogP contribution in [0.25, 0.3) is 54.7 Å². The van der Waals surface area contributed by atoms with Crippen molar-refractivity contribution >= 4 is 67.6 Å². The van der Waals surface area contributed by atoms with Crippen LogP contribution in [0.5, 0.6) is 0 Å². The summed E-state index contributed by atoms with van der Waals surface area (Å²) in [5.74, 6) is 1.86. The maximum Gasteiger partial charge on any atom is 0.407 e. The molecule has 0 radical (unpaired) electrons. The first-order valence-corrected chi connectivity index (χ1v) is 24.7.